The zero-order valence-electron chi connectivity index (χ0n) is 24.3. The number of carbonyl (C=O) groups excluding carboxylic acids is 5. The van der Waals surface area contributed by atoms with E-state index in [1.807, 2.05) is 68.4 Å². The number of nitrogens with zero attached hydrogens (tertiary/aromatic N) is 1. The molecule has 0 spiro atoms. The molecule has 1 aliphatic heterocycles. The van der Waals surface area contributed by atoms with Gasteiger partial charge in [-0.2, -0.15) is 0 Å². The van der Waals surface area contributed by atoms with Crippen LogP contribution in [0.3, 0.4) is 0 Å². The second-order valence-corrected chi connectivity index (χ2v) is 11.3. The average Bonchev–Trinajstić information content (AvgIpc) is 3.32. The molecule has 222 valence electrons. The minimum absolute atomic E-state index is 0.0132. The van der Waals surface area contributed by atoms with Crippen LogP contribution in [0.5, 0.6) is 0 Å². The van der Waals surface area contributed by atoms with Gasteiger partial charge in [0.15, 0.2) is 0 Å². The molecule has 1 fully saturated rings. The summed E-state index contributed by atoms with van der Waals surface area (Å²) in [5.41, 5.74) is 2.09. The van der Waals surface area contributed by atoms with Crippen LogP contribution in [0.2, 0.25) is 0 Å². The van der Waals surface area contributed by atoms with Crippen LogP contribution in [-0.2, 0) is 32.8 Å². The largest absolute Gasteiger partial charge is 0.356 e. The van der Waals surface area contributed by atoms with Crippen molar-refractivity contribution in [3.8, 4) is 0 Å². The van der Waals surface area contributed by atoms with Gasteiger partial charge in [-0.25, -0.2) is 0 Å². The molecule has 2 aromatic carbocycles. The van der Waals surface area contributed by atoms with Crippen molar-refractivity contribution in [2.24, 2.45) is 18.9 Å². The molecule has 0 aliphatic carbocycles. The fraction of sp³-hybridized carbons (Fsp3) is 0.406. The number of amides is 4. The Balaban J connectivity index is 1.51. The van der Waals surface area contributed by atoms with Gasteiger partial charge in [0.05, 0.1) is 6.04 Å². The first-order chi connectivity index (χ1) is 20.1. The van der Waals surface area contributed by atoms with Crippen molar-refractivity contribution in [3.63, 3.8) is 0 Å². The summed E-state index contributed by atoms with van der Waals surface area (Å²) in [5.74, 6) is -3.38. The third-order valence-electron chi connectivity index (χ3n) is 7.59. The number of hydrogen-bond donors (Lipinski definition) is 4. The number of rotatable bonds is 12. The van der Waals surface area contributed by atoms with Gasteiger partial charge in [0.25, 0.3) is 11.8 Å². The summed E-state index contributed by atoms with van der Waals surface area (Å²) in [6.45, 7) is 4.55. The number of ketones is 1. The highest BCUT2D eigenvalue weighted by molar-refractivity contribution is 6.38. The molecule has 2 heterocycles. The van der Waals surface area contributed by atoms with Crippen LogP contribution < -0.4 is 21.3 Å². The normalized spacial score (nSPS) is 16.4. The minimum Gasteiger partial charge on any atom is -0.356 e. The molecule has 4 amide bonds. The van der Waals surface area contributed by atoms with Gasteiger partial charge in [0.2, 0.25) is 17.6 Å². The Bertz CT molecular complexity index is 1450. The molecule has 0 saturated carbocycles. The molecular formula is C32H39N5O5. The summed E-state index contributed by atoms with van der Waals surface area (Å²) in [6.07, 6.45) is 1.58. The Hall–Kier alpha value is -4.47. The number of Topliss-reactive ketones (excluding diaryl/α,β-unsaturated/α-hetero) is 1. The standard InChI is InChI=1S/C32H39N5O5/c1-20(2)16-25(36-31(41)27-18-22-12-7-8-14-26(22)37(27)3)30(40)35-24(17-23-13-9-15-33-29(23)39)28(38)32(42)34-19-21-10-5-4-6-11-21/h4-8,10-12,14,18,20,23-25H,9,13,15-17,19H2,1-3H3,(H,33,39)(H,34,42)(H,35,40)(H,36,41)/t23-,24-,25-/m0/s1. The fourth-order valence-corrected chi connectivity index (χ4v) is 5.31. The van der Waals surface area contributed by atoms with Gasteiger partial charge in [-0.1, -0.05) is 62.4 Å². The zero-order valence-corrected chi connectivity index (χ0v) is 24.3. The maximum Gasteiger partial charge on any atom is 0.289 e. The van der Waals surface area contributed by atoms with Gasteiger partial charge in [-0.3, -0.25) is 24.0 Å². The molecule has 0 unspecified atom stereocenters. The van der Waals surface area contributed by atoms with Crippen LogP contribution in [0.15, 0.2) is 60.7 Å². The smallest absolute Gasteiger partial charge is 0.289 e. The summed E-state index contributed by atoms with van der Waals surface area (Å²) in [4.78, 5) is 65.8. The Morgan fingerprint density at radius 1 is 0.976 bits per heavy atom. The number of para-hydroxylation sites is 1. The van der Waals surface area contributed by atoms with Crippen molar-refractivity contribution in [3.05, 3.63) is 71.9 Å². The molecule has 1 aromatic heterocycles. The van der Waals surface area contributed by atoms with Crippen LogP contribution in [0.1, 0.15) is 55.6 Å². The zero-order chi connectivity index (χ0) is 30.2. The topological polar surface area (TPSA) is 138 Å². The van der Waals surface area contributed by atoms with E-state index < -0.39 is 41.5 Å². The van der Waals surface area contributed by atoms with Crippen LogP contribution in [0, 0.1) is 11.8 Å². The summed E-state index contributed by atoms with van der Waals surface area (Å²) in [5, 5.41) is 11.9. The maximum absolute atomic E-state index is 13.6. The first-order valence-corrected chi connectivity index (χ1v) is 14.4. The van der Waals surface area contributed by atoms with Crippen LogP contribution in [0.25, 0.3) is 10.9 Å². The lowest BCUT2D eigenvalue weighted by molar-refractivity contribution is -0.141. The predicted octanol–water partition coefficient (Wildman–Crippen LogP) is 2.61. The lowest BCUT2D eigenvalue weighted by Crippen LogP contribution is -2.55. The molecule has 42 heavy (non-hydrogen) atoms. The van der Waals surface area contributed by atoms with E-state index in [-0.39, 0.29) is 24.8 Å². The molecule has 10 heteroatoms. The number of aryl methyl sites for hydroxylation is 1. The maximum atomic E-state index is 13.6. The molecule has 4 N–H and O–H groups in total. The number of benzene rings is 2. The summed E-state index contributed by atoms with van der Waals surface area (Å²) >= 11 is 0. The molecule has 1 saturated heterocycles. The van der Waals surface area contributed by atoms with Gasteiger partial charge in [-0.05, 0) is 49.3 Å². The van der Waals surface area contributed by atoms with E-state index in [2.05, 4.69) is 21.3 Å². The molecule has 3 aromatic rings. The van der Waals surface area contributed by atoms with Gasteiger partial charge in [-0.15, -0.1) is 0 Å². The first kappa shape index (κ1) is 30.5. The van der Waals surface area contributed by atoms with Crippen molar-refractivity contribution in [2.75, 3.05) is 6.54 Å². The Labute approximate surface area is 245 Å². The second kappa shape index (κ2) is 13.9. The van der Waals surface area contributed by atoms with Crippen molar-refractivity contribution in [1.29, 1.82) is 0 Å². The SMILES string of the molecule is CC(C)C[C@H](NC(=O)c1cc2ccccc2n1C)C(=O)N[C@@H](C[C@@H]1CCCNC1=O)C(=O)C(=O)NCc1ccccc1. The van der Waals surface area contributed by atoms with E-state index in [9.17, 15) is 24.0 Å². The molecule has 1 aliphatic rings. The fourth-order valence-electron chi connectivity index (χ4n) is 5.31. The van der Waals surface area contributed by atoms with E-state index in [0.29, 0.717) is 25.1 Å². The molecule has 0 radical (unpaired) electrons. The number of hydrogen-bond acceptors (Lipinski definition) is 5. The Morgan fingerprint density at radius 2 is 1.69 bits per heavy atom. The van der Waals surface area contributed by atoms with Gasteiger partial charge in [0.1, 0.15) is 11.7 Å². The molecule has 0 bridgehead atoms. The number of piperidine rings is 1. The average molecular weight is 574 g/mol. The lowest BCUT2D eigenvalue weighted by Gasteiger charge is -2.28. The van der Waals surface area contributed by atoms with Crippen LogP contribution >= 0.6 is 0 Å². The summed E-state index contributed by atoms with van der Waals surface area (Å²) in [6, 6.07) is 16.3. The molecule has 4 rings (SSSR count). The second-order valence-electron chi connectivity index (χ2n) is 11.3. The third-order valence-corrected chi connectivity index (χ3v) is 7.59. The monoisotopic (exact) mass is 573 g/mol. The summed E-state index contributed by atoms with van der Waals surface area (Å²) in [7, 11) is 1.78. The van der Waals surface area contributed by atoms with Crippen molar-refractivity contribution in [1.82, 2.24) is 25.8 Å². The van der Waals surface area contributed by atoms with Gasteiger partial charge >= 0.3 is 0 Å². The highest BCUT2D eigenvalue weighted by Gasteiger charge is 2.35. The highest BCUT2D eigenvalue weighted by Crippen LogP contribution is 2.20. The van der Waals surface area contributed by atoms with E-state index in [1.54, 1.807) is 17.7 Å². The van der Waals surface area contributed by atoms with Crippen LogP contribution in [-0.4, -0.2) is 52.6 Å². The molecule has 3 atom stereocenters. The van der Waals surface area contributed by atoms with Crippen molar-refractivity contribution in [2.45, 2.75) is 58.2 Å². The highest BCUT2D eigenvalue weighted by atomic mass is 16.2. The minimum atomic E-state index is -1.23. The van der Waals surface area contributed by atoms with E-state index in [4.69, 9.17) is 0 Å². The van der Waals surface area contributed by atoms with Crippen molar-refractivity contribution < 1.29 is 24.0 Å². The van der Waals surface area contributed by atoms with E-state index in [0.717, 1.165) is 22.9 Å². The number of nitrogens with one attached hydrogen (secondary N) is 4. The van der Waals surface area contributed by atoms with Gasteiger partial charge in [0, 0.05) is 37.0 Å². The molecular weight excluding hydrogens is 534 g/mol. The quantitative estimate of drug-likeness (QED) is 0.247. The lowest BCUT2D eigenvalue weighted by atomic mass is 9.89. The van der Waals surface area contributed by atoms with Gasteiger partial charge < -0.3 is 25.8 Å². The van der Waals surface area contributed by atoms with Crippen molar-refractivity contribution >= 4 is 40.3 Å². The van der Waals surface area contributed by atoms with E-state index >= 15 is 0 Å². The Morgan fingerprint density at radius 3 is 2.38 bits per heavy atom. The first-order valence-electron chi connectivity index (χ1n) is 14.4. The van der Waals surface area contributed by atoms with E-state index in [1.165, 1.54) is 0 Å². The summed E-state index contributed by atoms with van der Waals surface area (Å²) < 4.78 is 1.76. The molecule has 10 nitrogen and oxygen atoms in total. The number of aromatic nitrogens is 1. The third kappa shape index (κ3) is 7.63. The van der Waals surface area contributed by atoms with Crippen LogP contribution in [0.4, 0.5) is 0 Å². The number of carbonyl (C=O) groups is 5. The Kier molecular flexibility index (Phi) is 10.1. The predicted molar refractivity (Wildman–Crippen MR) is 159 cm³/mol. The number of fused-ring (bicyclic) bond motifs is 1.